The molecule has 0 fully saturated rings. The maximum atomic E-state index is 6.75. The summed E-state index contributed by atoms with van der Waals surface area (Å²) in [5, 5.41) is 14.2. The molecule has 13 aromatic rings. The van der Waals surface area contributed by atoms with E-state index in [0.29, 0.717) is 0 Å². The molecule has 11 aromatic carbocycles. The summed E-state index contributed by atoms with van der Waals surface area (Å²) >= 11 is 0. The molecular formula is C58H34O2. The Balaban J connectivity index is 1.14. The Morgan fingerprint density at radius 1 is 0.233 bits per heavy atom. The molecule has 0 bridgehead atoms. The van der Waals surface area contributed by atoms with Crippen molar-refractivity contribution >= 4 is 87.0 Å². The number of rotatable bonds is 4. The van der Waals surface area contributed by atoms with Gasteiger partial charge in [0.2, 0.25) is 0 Å². The fourth-order valence-corrected chi connectivity index (χ4v) is 10.1. The zero-order valence-electron chi connectivity index (χ0n) is 32.4. The third kappa shape index (κ3) is 4.76. The van der Waals surface area contributed by atoms with Crippen molar-refractivity contribution in [2.24, 2.45) is 0 Å². The van der Waals surface area contributed by atoms with E-state index < -0.39 is 0 Å². The van der Waals surface area contributed by atoms with Crippen LogP contribution in [-0.2, 0) is 0 Å². The Bertz CT molecular complexity index is 3820. The smallest absolute Gasteiger partial charge is 0.136 e. The zero-order chi connectivity index (χ0) is 39.3. The first kappa shape index (κ1) is 33.1. The monoisotopic (exact) mass is 762 g/mol. The van der Waals surface area contributed by atoms with E-state index in [9.17, 15) is 0 Å². The molecular weight excluding hydrogens is 729 g/mol. The highest BCUT2D eigenvalue weighted by Gasteiger charge is 2.24. The molecule has 60 heavy (non-hydrogen) atoms. The summed E-state index contributed by atoms with van der Waals surface area (Å²) in [7, 11) is 0. The van der Waals surface area contributed by atoms with E-state index in [1.54, 1.807) is 0 Å². The Morgan fingerprint density at radius 3 is 1.42 bits per heavy atom. The Morgan fingerprint density at radius 2 is 0.717 bits per heavy atom. The summed E-state index contributed by atoms with van der Waals surface area (Å²) in [6.45, 7) is 0. The van der Waals surface area contributed by atoms with Crippen LogP contribution < -0.4 is 0 Å². The van der Waals surface area contributed by atoms with Gasteiger partial charge in [0, 0.05) is 21.5 Å². The quantitative estimate of drug-likeness (QED) is 0.167. The molecule has 0 saturated heterocycles. The van der Waals surface area contributed by atoms with Crippen LogP contribution in [-0.4, -0.2) is 0 Å². The van der Waals surface area contributed by atoms with Crippen molar-refractivity contribution in [3.05, 3.63) is 206 Å². The van der Waals surface area contributed by atoms with Crippen molar-refractivity contribution in [2.75, 3.05) is 0 Å². The van der Waals surface area contributed by atoms with Crippen LogP contribution in [0.3, 0.4) is 0 Å². The lowest BCUT2D eigenvalue weighted by Crippen LogP contribution is -1.94. The Hall–Kier alpha value is -7.94. The second kappa shape index (κ2) is 12.8. The van der Waals surface area contributed by atoms with Crippen LogP contribution in [0, 0.1) is 0 Å². The number of hydrogen-bond donors (Lipinski definition) is 0. The average Bonchev–Trinajstić information content (AvgIpc) is 3.88. The number of hydrogen-bond acceptors (Lipinski definition) is 2. The standard InChI is InChI=1S/C58H34O2/c1-2-15-36(16-3-1)48-34-54-50(58-53(60-54)32-31-52-57(58)47-26-12-13-28-51(47)59-52)33-49(48)56-44-24-10-8-22-42(44)55(43-23-9-11-25-45(43)56)46-30-29-41(39-20-6-7-21-40(39)46)38-27-14-18-35-17-4-5-19-37(35)38/h1-34H. The summed E-state index contributed by atoms with van der Waals surface area (Å²) < 4.78 is 13.1. The van der Waals surface area contributed by atoms with Crippen molar-refractivity contribution in [3.63, 3.8) is 0 Å². The van der Waals surface area contributed by atoms with Gasteiger partial charge < -0.3 is 8.83 Å². The SMILES string of the molecule is c1ccc(-c2cc3oc4ccc5oc6ccccc6c5c4c3cc2-c2c3ccccc3c(-c3ccc(-c4cccc5ccccc45)c4ccccc34)c3ccccc23)cc1. The van der Waals surface area contributed by atoms with Crippen LogP contribution in [0.2, 0.25) is 0 Å². The van der Waals surface area contributed by atoms with E-state index in [2.05, 4.69) is 188 Å². The lowest BCUT2D eigenvalue weighted by Gasteiger charge is -2.21. The lowest BCUT2D eigenvalue weighted by molar-refractivity contribution is 0.663. The minimum atomic E-state index is 0.851. The van der Waals surface area contributed by atoms with Crippen molar-refractivity contribution in [1.29, 1.82) is 0 Å². The van der Waals surface area contributed by atoms with E-state index in [-0.39, 0.29) is 0 Å². The van der Waals surface area contributed by atoms with E-state index in [1.807, 2.05) is 18.2 Å². The molecule has 278 valence electrons. The van der Waals surface area contributed by atoms with E-state index in [0.717, 1.165) is 60.6 Å². The van der Waals surface area contributed by atoms with E-state index in [1.165, 1.54) is 70.9 Å². The van der Waals surface area contributed by atoms with Gasteiger partial charge >= 0.3 is 0 Å². The first-order valence-electron chi connectivity index (χ1n) is 20.6. The van der Waals surface area contributed by atoms with Crippen LogP contribution in [0.5, 0.6) is 0 Å². The number of benzene rings is 11. The van der Waals surface area contributed by atoms with Crippen LogP contribution in [0.4, 0.5) is 0 Å². The van der Waals surface area contributed by atoms with Gasteiger partial charge in [0.1, 0.15) is 22.3 Å². The number of furan rings is 2. The topological polar surface area (TPSA) is 26.3 Å². The lowest BCUT2D eigenvalue weighted by atomic mass is 9.82. The summed E-state index contributed by atoms with van der Waals surface area (Å²) in [5.41, 5.74) is 13.0. The minimum Gasteiger partial charge on any atom is -0.456 e. The minimum absolute atomic E-state index is 0.851. The molecule has 0 aliphatic heterocycles. The van der Waals surface area contributed by atoms with Gasteiger partial charge in [-0.2, -0.15) is 0 Å². The molecule has 0 aliphatic carbocycles. The molecule has 0 saturated carbocycles. The highest BCUT2D eigenvalue weighted by molar-refractivity contribution is 6.29. The van der Waals surface area contributed by atoms with Crippen LogP contribution in [0.1, 0.15) is 0 Å². The highest BCUT2D eigenvalue weighted by atomic mass is 16.3. The van der Waals surface area contributed by atoms with Crippen LogP contribution >= 0.6 is 0 Å². The van der Waals surface area contributed by atoms with Crippen molar-refractivity contribution in [2.45, 2.75) is 0 Å². The molecule has 13 rings (SSSR count). The maximum Gasteiger partial charge on any atom is 0.136 e. The predicted molar refractivity (Wildman–Crippen MR) is 253 cm³/mol. The van der Waals surface area contributed by atoms with Gasteiger partial charge in [-0.1, -0.05) is 176 Å². The molecule has 0 N–H and O–H groups in total. The maximum absolute atomic E-state index is 6.75. The predicted octanol–water partition coefficient (Wildman–Crippen LogP) is 16.8. The highest BCUT2D eigenvalue weighted by Crippen LogP contribution is 2.50. The largest absolute Gasteiger partial charge is 0.456 e. The third-order valence-electron chi connectivity index (χ3n) is 12.7. The molecule has 2 aromatic heterocycles. The normalized spacial score (nSPS) is 12.0. The summed E-state index contributed by atoms with van der Waals surface area (Å²) in [5.74, 6) is 0. The molecule has 2 nitrogen and oxygen atoms in total. The third-order valence-corrected chi connectivity index (χ3v) is 12.7. The van der Waals surface area contributed by atoms with Crippen LogP contribution in [0.15, 0.2) is 215 Å². The second-order valence-corrected chi connectivity index (χ2v) is 15.8. The first-order valence-corrected chi connectivity index (χ1v) is 20.6. The Kier molecular flexibility index (Phi) is 7.05. The molecule has 2 heteroatoms. The molecule has 0 unspecified atom stereocenters. The molecule has 0 radical (unpaired) electrons. The van der Waals surface area contributed by atoms with Crippen LogP contribution in [0.25, 0.3) is 131 Å². The molecule has 0 atom stereocenters. The van der Waals surface area contributed by atoms with Gasteiger partial charge in [0.05, 0.1) is 0 Å². The van der Waals surface area contributed by atoms with Gasteiger partial charge in [-0.15, -0.1) is 0 Å². The molecule has 0 aliphatic rings. The number of fused-ring (bicyclic) bond motifs is 11. The van der Waals surface area contributed by atoms with Crippen molar-refractivity contribution in [3.8, 4) is 44.5 Å². The van der Waals surface area contributed by atoms with Gasteiger partial charge in [-0.25, -0.2) is 0 Å². The first-order chi connectivity index (χ1) is 29.8. The van der Waals surface area contributed by atoms with Gasteiger partial charge in [-0.05, 0) is 118 Å². The summed E-state index contributed by atoms with van der Waals surface area (Å²) in [6, 6.07) is 74.7. The molecule has 2 heterocycles. The van der Waals surface area contributed by atoms with E-state index in [4.69, 9.17) is 8.83 Å². The summed E-state index contributed by atoms with van der Waals surface area (Å²) in [4.78, 5) is 0. The zero-order valence-corrected chi connectivity index (χ0v) is 32.4. The molecule has 0 spiro atoms. The second-order valence-electron chi connectivity index (χ2n) is 15.8. The van der Waals surface area contributed by atoms with Crippen molar-refractivity contribution in [1.82, 2.24) is 0 Å². The fraction of sp³-hybridized carbons (Fsp3) is 0. The number of para-hydroxylation sites is 1. The van der Waals surface area contributed by atoms with Gasteiger partial charge in [0.25, 0.3) is 0 Å². The van der Waals surface area contributed by atoms with Gasteiger partial charge in [0.15, 0.2) is 0 Å². The van der Waals surface area contributed by atoms with Gasteiger partial charge in [-0.3, -0.25) is 0 Å². The fourth-order valence-electron chi connectivity index (χ4n) is 10.1. The molecule has 0 amide bonds. The van der Waals surface area contributed by atoms with E-state index >= 15 is 0 Å². The Labute approximate surface area is 345 Å². The van der Waals surface area contributed by atoms with Crippen molar-refractivity contribution < 1.29 is 8.83 Å². The average molecular weight is 763 g/mol. The summed E-state index contributed by atoms with van der Waals surface area (Å²) in [6.07, 6.45) is 0.